The minimum atomic E-state index is 0.00972. The van der Waals surface area contributed by atoms with Crippen molar-refractivity contribution in [2.24, 2.45) is 5.92 Å². The van der Waals surface area contributed by atoms with Gasteiger partial charge in [-0.1, -0.05) is 0 Å². The molecule has 2 aromatic rings. The first kappa shape index (κ1) is 14.7. The first-order valence-corrected chi connectivity index (χ1v) is 8.72. The first-order valence-electron chi connectivity index (χ1n) is 7.84. The lowest BCUT2D eigenvalue weighted by atomic mass is 9.91. The zero-order valence-corrected chi connectivity index (χ0v) is 13.7. The number of carbonyl (C=O) groups is 1. The SMILES string of the molecule is Cc1csc([C@@H]2C[C@H]3CCN(C(=O)c4ccnnc4)C[C@@H]3O2)n1. The molecule has 2 aromatic heterocycles. The smallest absolute Gasteiger partial charge is 0.255 e. The van der Waals surface area contributed by atoms with Gasteiger partial charge < -0.3 is 9.64 Å². The number of thiazole rings is 1. The summed E-state index contributed by atoms with van der Waals surface area (Å²) < 4.78 is 6.21. The van der Waals surface area contributed by atoms with E-state index in [2.05, 4.69) is 20.6 Å². The lowest BCUT2D eigenvalue weighted by Crippen LogP contribution is -2.45. The molecule has 4 rings (SSSR count). The molecule has 0 radical (unpaired) electrons. The van der Waals surface area contributed by atoms with Gasteiger partial charge in [0.25, 0.3) is 5.91 Å². The number of hydrogen-bond acceptors (Lipinski definition) is 6. The maximum absolute atomic E-state index is 12.5. The number of nitrogens with zero attached hydrogens (tertiary/aromatic N) is 4. The van der Waals surface area contributed by atoms with Crippen LogP contribution in [0.3, 0.4) is 0 Å². The summed E-state index contributed by atoms with van der Waals surface area (Å²) in [6.07, 6.45) is 5.25. The van der Waals surface area contributed by atoms with Crippen LogP contribution in [0.4, 0.5) is 0 Å². The minimum Gasteiger partial charge on any atom is -0.366 e. The van der Waals surface area contributed by atoms with Crippen LogP contribution in [0.1, 0.15) is 40.0 Å². The molecule has 0 N–H and O–H groups in total. The number of aryl methyl sites for hydroxylation is 1. The highest BCUT2D eigenvalue weighted by Gasteiger charge is 2.41. The van der Waals surface area contributed by atoms with E-state index in [-0.39, 0.29) is 18.1 Å². The van der Waals surface area contributed by atoms with Crippen LogP contribution in [0.15, 0.2) is 23.8 Å². The van der Waals surface area contributed by atoms with E-state index >= 15 is 0 Å². The van der Waals surface area contributed by atoms with Crippen molar-refractivity contribution in [3.05, 3.63) is 40.1 Å². The number of rotatable bonds is 2. The Kier molecular flexibility index (Phi) is 3.82. The van der Waals surface area contributed by atoms with Crippen molar-refractivity contribution in [2.75, 3.05) is 13.1 Å². The topological polar surface area (TPSA) is 68.2 Å². The van der Waals surface area contributed by atoms with Crippen molar-refractivity contribution >= 4 is 17.2 Å². The third-order valence-corrected chi connectivity index (χ3v) is 5.64. The van der Waals surface area contributed by atoms with E-state index in [9.17, 15) is 4.79 Å². The van der Waals surface area contributed by atoms with Gasteiger partial charge in [0.2, 0.25) is 0 Å². The number of piperidine rings is 1. The van der Waals surface area contributed by atoms with Crippen molar-refractivity contribution in [2.45, 2.75) is 32.0 Å². The van der Waals surface area contributed by atoms with Crippen LogP contribution in [0.25, 0.3) is 0 Å². The van der Waals surface area contributed by atoms with Crippen molar-refractivity contribution in [3.8, 4) is 0 Å². The molecule has 7 heteroatoms. The van der Waals surface area contributed by atoms with E-state index in [1.165, 1.54) is 6.20 Å². The van der Waals surface area contributed by atoms with E-state index < -0.39 is 0 Å². The summed E-state index contributed by atoms with van der Waals surface area (Å²) in [5.41, 5.74) is 1.63. The Labute approximate surface area is 138 Å². The number of hydrogen-bond donors (Lipinski definition) is 0. The average molecular weight is 330 g/mol. The standard InChI is InChI=1S/C16H18N4O2S/c1-10-9-23-15(19-10)13-6-11-3-5-20(8-14(11)22-13)16(21)12-2-4-17-18-7-12/h2,4,7,9,11,13-14H,3,5-6,8H2,1H3/t11-,13+,14+/m1/s1. The molecule has 0 aliphatic carbocycles. The molecule has 23 heavy (non-hydrogen) atoms. The number of amides is 1. The molecule has 3 atom stereocenters. The molecule has 0 unspecified atom stereocenters. The fourth-order valence-corrected chi connectivity index (χ4v) is 4.24. The third-order valence-electron chi connectivity index (χ3n) is 4.58. The second-order valence-corrected chi connectivity index (χ2v) is 7.05. The highest BCUT2D eigenvalue weighted by Crippen LogP contribution is 2.41. The number of fused-ring (bicyclic) bond motifs is 1. The summed E-state index contributed by atoms with van der Waals surface area (Å²) in [6, 6.07) is 1.71. The van der Waals surface area contributed by atoms with Gasteiger partial charge in [0.1, 0.15) is 11.1 Å². The Morgan fingerprint density at radius 2 is 2.35 bits per heavy atom. The van der Waals surface area contributed by atoms with Crippen LogP contribution in [0, 0.1) is 12.8 Å². The number of ether oxygens (including phenoxy) is 1. The maximum Gasteiger partial charge on any atom is 0.255 e. The van der Waals surface area contributed by atoms with Gasteiger partial charge in [0, 0.05) is 24.2 Å². The summed E-state index contributed by atoms with van der Waals surface area (Å²) in [5, 5.41) is 10.6. The lowest BCUT2D eigenvalue weighted by molar-refractivity contribution is -0.00452. The fourth-order valence-electron chi connectivity index (χ4n) is 3.39. The second kappa shape index (κ2) is 5.98. The highest BCUT2D eigenvalue weighted by atomic mass is 32.1. The predicted molar refractivity (Wildman–Crippen MR) is 85.1 cm³/mol. The second-order valence-electron chi connectivity index (χ2n) is 6.16. The summed E-state index contributed by atoms with van der Waals surface area (Å²) >= 11 is 1.66. The molecule has 6 nitrogen and oxygen atoms in total. The van der Waals surface area contributed by atoms with Crippen LogP contribution in [0.5, 0.6) is 0 Å². The van der Waals surface area contributed by atoms with Crippen LogP contribution < -0.4 is 0 Å². The maximum atomic E-state index is 12.5. The molecule has 0 bridgehead atoms. The van der Waals surface area contributed by atoms with Crippen LogP contribution in [-0.2, 0) is 4.74 Å². The molecule has 2 fully saturated rings. The van der Waals surface area contributed by atoms with Crippen LogP contribution >= 0.6 is 11.3 Å². The van der Waals surface area contributed by atoms with E-state index in [0.717, 1.165) is 30.1 Å². The Bertz CT molecular complexity index is 705. The molecular formula is C16H18N4O2S. The molecule has 2 aliphatic heterocycles. The summed E-state index contributed by atoms with van der Waals surface area (Å²) in [6.45, 7) is 3.42. The molecule has 2 saturated heterocycles. The number of likely N-dealkylation sites (tertiary alicyclic amines) is 1. The van der Waals surface area contributed by atoms with Crippen molar-refractivity contribution in [3.63, 3.8) is 0 Å². The third kappa shape index (κ3) is 2.86. The number of carbonyl (C=O) groups excluding carboxylic acids is 1. The van der Waals surface area contributed by atoms with Crippen molar-refractivity contribution in [1.29, 1.82) is 0 Å². The van der Waals surface area contributed by atoms with Gasteiger partial charge in [-0.2, -0.15) is 10.2 Å². The molecule has 0 aromatic carbocycles. The zero-order valence-electron chi connectivity index (χ0n) is 12.9. The van der Waals surface area contributed by atoms with E-state index in [4.69, 9.17) is 4.74 Å². The lowest BCUT2D eigenvalue weighted by Gasteiger charge is -2.34. The first-order chi connectivity index (χ1) is 11.2. The normalized spacial score (nSPS) is 27.0. The Balaban J connectivity index is 1.44. The van der Waals surface area contributed by atoms with E-state index in [1.807, 2.05) is 11.8 Å². The molecule has 1 amide bonds. The van der Waals surface area contributed by atoms with E-state index in [0.29, 0.717) is 18.0 Å². The average Bonchev–Trinajstić information content (AvgIpc) is 3.20. The van der Waals surface area contributed by atoms with Gasteiger partial charge in [-0.3, -0.25) is 4.79 Å². The van der Waals surface area contributed by atoms with Gasteiger partial charge in [-0.15, -0.1) is 11.3 Å². The number of aromatic nitrogens is 3. The highest BCUT2D eigenvalue weighted by molar-refractivity contribution is 7.09. The van der Waals surface area contributed by atoms with Crippen molar-refractivity contribution in [1.82, 2.24) is 20.1 Å². The predicted octanol–water partition coefficient (Wildman–Crippen LogP) is 2.23. The monoisotopic (exact) mass is 330 g/mol. The molecule has 120 valence electrons. The quantitative estimate of drug-likeness (QED) is 0.845. The molecule has 0 saturated carbocycles. The Hall–Kier alpha value is -1.86. The molecule has 0 spiro atoms. The van der Waals surface area contributed by atoms with Crippen molar-refractivity contribution < 1.29 is 9.53 Å². The minimum absolute atomic E-state index is 0.00972. The molecule has 2 aliphatic rings. The summed E-state index contributed by atoms with van der Waals surface area (Å²) in [5.74, 6) is 0.527. The summed E-state index contributed by atoms with van der Waals surface area (Å²) in [7, 11) is 0. The summed E-state index contributed by atoms with van der Waals surface area (Å²) in [4.78, 5) is 19.0. The van der Waals surface area contributed by atoms with E-state index in [1.54, 1.807) is 23.6 Å². The van der Waals surface area contributed by atoms with Gasteiger partial charge in [0.05, 0.1) is 24.1 Å². The van der Waals surface area contributed by atoms with Crippen LogP contribution in [-0.4, -0.2) is 45.2 Å². The Morgan fingerprint density at radius 1 is 1.43 bits per heavy atom. The van der Waals surface area contributed by atoms with Gasteiger partial charge >= 0.3 is 0 Å². The van der Waals surface area contributed by atoms with Gasteiger partial charge in [-0.25, -0.2) is 4.98 Å². The van der Waals surface area contributed by atoms with Gasteiger partial charge in [-0.05, 0) is 31.7 Å². The zero-order chi connectivity index (χ0) is 15.8. The molecule has 4 heterocycles. The Morgan fingerprint density at radius 3 is 3.09 bits per heavy atom. The molecular weight excluding hydrogens is 312 g/mol. The van der Waals surface area contributed by atoms with Gasteiger partial charge in [0.15, 0.2) is 0 Å². The fraction of sp³-hybridized carbons (Fsp3) is 0.500. The largest absolute Gasteiger partial charge is 0.366 e. The van der Waals surface area contributed by atoms with Crippen LogP contribution in [0.2, 0.25) is 0 Å².